The minimum absolute atomic E-state index is 0.960. The van der Waals surface area contributed by atoms with Crippen LogP contribution in [-0.4, -0.2) is 5.71 Å². The Hall–Kier alpha value is -3.39. The number of nitrogens with one attached hydrogen (secondary N) is 1. The summed E-state index contributed by atoms with van der Waals surface area (Å²) < 4.78 is 0. The molecular formula is C23H16N2. The summed E-state index contributed by atoms with van der Waals surface area (Å²) in [4.78, 5) is 0. The number of allylic oxidation sites excluding steroid dienone is 5. The van der Waals surface area contributed by atoms with Crippen LogP contribution in [0.15, 0.2) is 95.6 Å². The molecule has 118 valence electrons. The quantitative estimate of drug-likeness (QED) is 0.605. The Morgan fingerprint density at radius 2 is 1.60 bits per heavy atom. The van der Waals surface area contributed by atoms with E-state index in [-0.39, 0.29) is 0 Å². The second-order valence-electron chi connectivity index (χ2n) is 6.22. The molecule has 0 amide bonds. The van der Waals surface area contributed by atoms with Crippen LogP contribution in [0.1, 0.15) is 11.1 Å². The molecule has 0 spiro atoms. The summed E-state index contributed by atoms with van der Waals surface area (Å²) in [5.41, 5.74) is 10.2. The van der Waals surface area contributed by atoms with Crippen LogP contribution in [0.25, 0.3) is 22.4 Å². The van der Waals surface area contributed by atoms with Gasteiger partial charge >= 0.3 is 0 Å². The molecule has 0 saturated heterocycles. The minimum Gasteiger partial charge on any atom is -0.277 e. The summed E-state index contributed by atoms with van der Waals surface area (Å²) in [5.74, 6) is 0. The molecule has 0 atom stereocenters. The molecule has 3 aromatic carbocycles. The molecule has 0 heterocycles. The van der Waals surface area contributed by atoms with E-state index < -0.39 is 0 Å². The highest BCUT2D eigenvalue weighted by Gasteiger charge is 2.22. The van der Waals surface area contributed by atoms with E-state index in [9.17, 15) is 0 Å². The highest BCUT2D eigenvalue weighted by Crippen LogP contribution is 2.38. The molecule has 25 heavy (non-hydrogen) atoms. The fourth-order valence-electron chi connectivity index (χ4n) is 3.50. The molecule has 0 fully saturated rings. The Labute approximate surface area is 146 Å². The van der Waals surface area contributed by atoms with Crippen molar-refractivity contribution in [2.45, 2.75) is 0 Å². The zero-order valence-electron chi connectivity index (χ0n) is 13.6. The zero-order chi connectivity index (χ0) is 16.6. The molecule has 2 aliphatic carbocycles. The Balaban J connectivity index is 1.52. The van der Waals surface area contributed by atoms with E-state index in [0.717, 1.165) is 11.4 Å². The Morgan fingerprint density at radius 3 is 2.60 bits per heavy atom. The summed E-state index contributed by atoms with van der Waals surface area (Å²) in [7, 11) is 0. The van der Waals surface area contributed by atoms with Gasteiger partial charge in [0.05, 0.1) is 11.4 Å². The molecule has 5 rings (SSSR count). The van der Waals surface area contributed by atoms with Crippen LogP contribution in [0.4, 0.5) is 5.69 Å². The molecule has 2 aliphatic rings. The van der Waals surface area contributed by atoms with Gasteiger partial charge in [0.2, 0.25) is 0 Å². The van der Waals surface area contributed by atoms with E-state index in [2.05, 4.69) is 96.5 Å². The standard InChI is InChI=1S/C23H16N2/c1-4-11-19-16(7-1)9-5-13-22(19)24-25-23-14-6-12-20-18-10-3-2-8-17(18)15-21(20)23/h1-15,24H. The van der Waals surface area contributed by atoms with Gasteiger partial charge in [0.1, 0.15) is 0 Å². The van der Waals surface area contributed by atoms with Crippen LogP contribution < -0.4 is 5.43 Å². The summed E-state index contributed by atoms with van der Waals surface area (Å²) in [6.45, 7) is 0. The Morgan fingerprint density at radius 1 is 0.760 bits per heavy atom. The minimum atomic E-state index is 0.960. The first-order valence-corrected chi connectivity index (χ1v) is 8.42. The van der Waals surface area contributed by atoms with Gasteiger partial charge in [-0.25, -0.2) is 0 Å². The molecule has 0 unspecified atom stereocenters. The highest BCUT2D eigenvalue weighted by atomic mass is 15.3. The first-order chi connectivity index (χ1) is 12.4. The van der Waals surface area contributed by atoms with Gasteiger partial charge in [-0.1, -0.05) is 72.8 Å². The van der Waals surface area contributed by atoms with Crippen molar-refractivity contribution in [2.75, 3.05) is 5.43 Å². The van der Waals surface area contributed by atoms with E-state index in [1.54, 1.807) is 0 Å². The molecule has 2 heteroatoms. The lowest BCUT2D eigenvalue weighted by atomic mass is 9.96. The van der Waals surface area contributed by atoms with Gasteiger partial charge in [-0.3, -0.25) is 5.43 Å². The molecule has 0 radical (unpaired) electrons. The third kappa shape index (κ3) is 2.31. The van der Waals surface area contributed by atoms with Gasteiger partial charge in [-0.2, -0.15) is 5.10 Å². The maximum absolute atomic E-state index is 4.70. The molecular weight excluding hydrogens is 304 g/mol. The molecule has 0 aliphatic heterocycles. The second-order valence-corrected chi connectivity index (χ2v) is 6.22. The fourth-order valence-corrected chi connectivity index (χ4v) is 3.50. The number of anilines is 1. The number of benzene rings is 3. The van der Waals surface area contributed by atoms with Crippen LogP contribution in [0, 0.1) is 0 Å². The van der Waals surface area contributed by atoms with Crippen molar-refractivity contribution >= 4 is 33.8 Å². The van der Waals surface area contributed by atoms with E-state index >= 15 is 0 Å². The monoisotopic (exact) mass is 320 g/mol. The number of nitrogens with zero attached hydrogens (tertiary/aromatic N) is 1. The van der Waals surface area contributed by atoms with Crippen LogP contribution in [0.2, 0.25) is 0 Å². The van der Waals surface area contributed by atoms with Crippen molar-refractivity contribution in [1.29, 1.82) is 0 Å². The molecule has 0 bridgehead atoms. The van der Waals surface area contributed by atoms with Crippen LogP contribution in [0.5, 0.6) is 0 Å². The molecule has 3 aromatic rings. The van der Waals surface area contributed by atoms with Crippen LogP contribution >= 0.6 is 0 Å². The zero-order valence-corrected chi connectivity index (χ0v) is 13.6. The van der Waals surface area contributed by atoms with Crippen molar-refractivity contribution in [3.05, 3.63) is 102 Å². The van der Waals surface area contributed by atoms with Crippen LogP contribution in [-0.2, 0) is 0 Å². The van der Waals surface area contributed by atoms with Gasteiger partial charge in [0.25, 0.3) is 0 Å². The van der Waals surface area contributed by atoms with Crippen molar-refractivity contribution in [1.82, 2.24) is 0 Å². The second kappa shape index (κ2) is 5.60. The number of fused-ring (bicyclic) bond motifs is 4. The van der Waals surface area contributed by atoms with Gasteiger partial charge < -0.3 is 0 Å². The first kappa shape index (κ1) is 14.0. The molecule has 0 saturated carbocycles. The average Bonchev–Trinajstić information content (AvgIpc) is 3.06. The smallest absolute Gasteiger partial charge is 0.0912 e. The molecule has 1 N–H and O–H groups in total. The van der Waals surface area contributed by atoms with Crippen molar-refractivity contribution in [2.24, 2.45) is 5.10 Å². The highest BCUT2D eigenvalue weighted by molar-refractivity contribution is 6.26. The lowest BCUT2D eigenvalue weighted by molar-refractivity contribution is 1.35. The van der Waals surface area contributed by atoms with Crippen molar-refractivity contribution in [3.8, 4) is 0 Å². The number of hydrogen-bond donors (Lipinski definition) is 1. The number of hydrogen-bond acceptors (Lipinski definition) is 2. The van der Waals surface area contributed by atoms with E-state index in [1.165, 1.54) is 33.0 Å². The summed E-state index contributed by atoms with van der Waals surface area (Å²) in [6.07, 6.45) is 8.50. The lowest BCUT2D eigenvalue weighted by Gasteiger charge is -2.12. The van der Waals surface area contributed by atoms with Crippen molar-refractivity contribution < 1.29 is 0 Å². The molecule has 2 nitrogen and oxygen atoms in total. The van der Waals surface area contributed by atoms with Gasteiger partial charge in [-0.15, -0.1) is 0 Å². The molecule has 0 aromatic heterocycles. The maximum atomic E-state index is 4.70. The van der Waals surface area contributed by atoms with Crippen molar-refractivity contribution in [3.63, 3.8) is 0 Å². The average molecular weight is 320 g/mol. The van der Waals surface area contributed by atoms with Gasteiger partial charge in [0, 0.05) is 11.0 Å². The first-order valence-electron chi connectivity index (χ1n) is 8.42. The summed E-state index contributed by atoms with van der Waals surface area (Å²) >= 11 is 0. The summed E-state index contributed by atoms with van der Waals surface area (Å²) in [6, 6.07) is 23.0. The van der Waals surface area contributed by atoms with Gasteiger partial charge in [-0.05, 0) is 40.3 Å². The SMILES string of the molecule is C1=CC(=NNc2cccc3ccccc23)C2=Cc3ccccc3C2=C1. The third-order valence-corrected chi connectivity index (χ3v) is 4.72. The predicted octanol–water partition coefficient (Wildman–Crippen LogP) is 5.66. The predicted molar refractivity (Wildman–Crippen MR) is 107 cm³/mol. The lowest BCUT2D eigenvalue weighted by Crippen LogP contribution is -2.05. The normalized spacial score (nSPS) is 16.4. The maximum Gasteiger partial charge on any atom is 0.0912 e. The van der Waals surface area contributed by atoms with E-state index in [0.29, 0.717) is 0 Å². The topological polar surface area (TPSA) is 24.4 Å². The Bertz CT molecular complexity index is 1110. The summed E-state index contributed by atoms with van der Waals surface area (Å²) in [5, 5.41) is 7.08. The van der Waals surface area contributed by atoms with E-state index in [4.69, 9.17) is 5.10 Å². The fraction of sp³-hybridized carbons (Fsp3) is 0. The number of hydrazone groups is 1. The van der Waals surface area contributed by atoms with E-state index in [1.807, 2.05) is 0 Å². The number of rotatable bonds is 2. The third-order valence-electron chi connectivity index (χ3n) is 4.72. The van der Waals surface area contributed by atoms with Crippen LogP contribution in [0.3, 0.4) is 0 Å². The largest absolute Gasteiger partial charge is 0.277 e. The Kier molecular flexibility index (Phi) is 3.14. The van der Waals surface area contributed by atoms with Gasteiger partial charge in [0.15, 0.2) is 0 Å².